The number of fused-ring (bicyclic) bond motifs is 1. The largest absolute Gasteiger partial charge is 0.338 e. The molecule has 1 amide bonds. The first kappa shape index (κ1) is 21.8. The van der Waals surface area contributed by atoms with Gasteiger partial charge in [0.25, 0.3) is 0 Å². The number of carbonyl (C=O) groups is 1. The van der Waals surface area contributed by atoms with Gasteiger partial charge in [0, 0.05) is 30.7 Å². The van der Waals surface area contributed by atoms with Gasteiger partial charge in [0.15, 0.2) is 0 Å². The molecular formula is C26H30ClN3O. The van der Waals surface area contributed by atoms with Crippen molar-refractivity contribution in [2.45, 2.75) is 24.9 Å². The van der Waals surface area contributed by atoms with Crippen LogP contribution in [0.4, 0.5) is 0 Å². The zero-order valence-electron chi connectivity index (χ0n) is 18.2. The van der Waals surface area contributed by atoms with Gasteiger partial charge in [-0.3, -0.25) is 9.69 Å². The third-order valence-corrected chi connectivity index (χ3v) is 6.63. The molecule has 0 bridgehead atoms. The highest BCUT2D eigenvalue weighted by atomic mass is 35.5. The second-order valence-corrected chi connectivity index (χ2v) is 8.91. The van der Waals surface area contributed by atoms with Crippen LogP contribution in [0.1, 0.15) is 11.1 Å². The summed E-state index contributed by atoms with van der Waals surface area (Å²) in [5.74, 6) is 0.175. The van der Waals surface area contributed by atoms with E-state index in [1.807, 2.05) is 36.2 Å². The predicted molar refractivity (Wildman–Crippen MR) is 129 cm³/mol. The molecule has 1 saturated heterocycles. The first-order chi connectivity index (χ1) is 15.0. The van der Waals surface area contributed by atoms with Gasteiger partial charge in [-0.1, -0.05) is 66.2 Å². The first-order valence-electron chi connectivity index (χ1n) is 10.9. The Morgan fingerprint density at radius 3 is 2.48 bits per heavy atom. The third kappa shape index (κ3) is 5.27. The maximum absolute atomic E-state index is 13.3. The molecule has 1 aliphatic heterocycles. The Hall–Kier alpha value is -2.40. The maximum atomic E-state index is 13.3. The molecule has 3 aromatic rings. The highest BCUT2D eigenvalue weighted by Crippen LogP contribution is 2.20. The standard InChI is InChI=1S/C26H30ClN3O/c1-28-25(17-19-8-11-23(27)12-9-19)26(31)30-14-13-29(2)24(18-30)16-20-7-10-21-5-3-4-6-22(21)15-20/h3-12,15,24-25,28H,13-14,16-18H2,1-2H3/t24-,25-/m1/s1. The van der Waals surface area contributed by atoms with E-state index in [0.717, 1.165) is 31.6 Å². The van der Waals surface area contributed by atoms with E-state index in [1.54, 1.807) is 0 Å². The lowest BCUT2D eigenvalue weighted by atomic mass is 9.98. The maximum Gasteiger partial charge on any atom is 0.240 e. The molecule has 1 heterocycles. The Labute approximate surface area is 189 Å². The summed E-state index contributed by atoms with van der Waals surface area (Å²) in [6, 6.07) is 23.0. The van der Waals surface area contributed by atoms with Gasteiger partial charge in [-0.25, -0.2) is 0 Å². The van der Waals surface area contributed by atoms with E-state index in [2.05, 4.69) is 59.7 Å². The van der Waals surface area contributed by atoms with Gasteiger partial charge in [-0.2, -0.15) is 0 Å². The molecule has 2 atom stereocenters. The summed E-state index contributed by atoms with van der Waals surface area (Å²) in [5.41, 5.74) is 2.43. The lowest BCUT2D eigenvalue weighted by molar-refractivity contribution is -0.136. The molecular weight excluding hydrogens is 406 g/mol. The Morgan fingerprint density at radius 2 is 1.74 bits per heavy atom. The predicted octanol–water partition coefficient (Wildman–Crippen LogP) is 4.01. The lowest BCUT2D eigenvalue weighted by Crippen LogP contribution is -2.57. The van der Waals surface area contributed by atoms with Gasteiger partial charge in [-0.05, 0) is 61.0 Å². The second kappa shape index (κ2) is 9.82. The molecule has 1 N–H and O–H groups in total. The molecule has 162 valence electrons. The van der Waals surface area contributed by atoms with Crippen LogP contribution in [0.2, 0.25) is 5.02 Å². The molecule has 1 aliphatic rings. The monoisotopic (exact) mass is 435 g/mol. The molecule has 0 saturated carbocycles. The second-order valence-electron chi connectivity index (χ2n) is 8.48. The van der Waals surface area contributed by atoms with Crippen LogP contribution in [-0.2, 0) is 17.6 Å². The fourth-order valence-electron chi connectivity index (χ4n) is 4.39. The Morgan fingerprint density at radius 1 is 1.03 bits per heavy atom. The van der Waals surface area contributed by atoms with Gasteiger partial charge < -0.3 is 10.2 Å². The van der Waals surface area contributed by atoms with Crippen LogP contribution in [0.5, 0.6) is 0 Å². The minimum Gasteiger partial charge on any atom is -0.338 e. The molecule has 0 spiro atoms. The molecule has 0 radical (unpaired) electrons. The minimum atomic E-state index is -0.231. The molecule has 0 aliphatic carbocycles. The molecule has 0 aromatic heterocycles. The summed E-state index contributed by atoms with van der Waals surface area (Å²) in [6.45, 7) is 2.41. The molecule has 3 aromatic carbocycles. The normalized spacial score (nSPS) is 18.3. The average molecular weight is 436 g/mol. The third-order valence-electron chi connectivity index (χ3n) is 6.37. The summed E-state index contributed by atoms with van der Waals surface area (Å²) in [7, 11) is 4.03. The number of carbonyl (C=O) groups excluding carboxylic acids is 1. The van der Waals surface area contributed by atoms with Crippen molar-refractivity contribution in [3.63, 3.8) is 0 Å². The van der Waals surface area contributed by atoms with Crippen molar-refractivity contribution in [2.75, 3.05) is 33.7 Å². The van der Waals surface area contributed by atoms with Crippen molar-refractivity contribution in [2.24, 2.45) is 0 Å². The number of rotatable bonds is 6. The average Bonchev–Trinajstić information content (AvgIpc) is 2.79. The van der Waals surface area contributed by atoms with Crippen LogP contribution in [0.3, 0.4) is 0 Å². The van der Waals surface area contributed by atoms with Crippen molar-refractivity contribution in [1.29, 1.82) is 0 Å². The topological polar surface area (TPSA) is 35.6 Å². The molecule has 4 nitrogen and oxygen atoms in total. The first-order valence-corrected chi connectivity index (χ1v) is 11.3. The van der Waals surface area contributed by atoms with Crippen LogP contribution < -0.4 is 5.32 Å². The van der Waals surface area contributed by atoms with E-state index < -0.39 is 0 Å². The number of halogens is 1. The van der Waals surface area contributed by atoms with Crippen molar-refractivity contribution in [3.8, 4) is 0 Å². The van der Waals surface area contributed by atoms with Crippen LogP contribution >= 0.6 is 11.6 Å². The van der Waals surface area contributed by atoms with Gasteiger partial charge in [0.05, 0.1) is 6.04 Å². The van der Waals surface area contributed by atoms with Crippen LogP contribution in [-0.4, -0.2) is 61.5 Å². The lowest BCUT2D eigenvalue weighted by Gasteiger charge is -2.41. The highest BCUT2D eigenvalue weighted by molar-refractivity contribution is 6.30. The number of benzene rings is 3. The molecule has 5 heteroatoms. The summed E-state index contributed by atoms with van der Waals surface area (Å²) in [6.07, 6.45) is 1.60. The van der Waals surface area contributed by atoms with Crippen molar-refractivity contribution in [1.82, 2.24) is 15.1 Å². The number of likely N-dealkylation sites (N-methyl/N-ethyl adjacent to an activating group) is 2. The van der Waals surface area contributed by atoms with E-state index in [9.17, 15) is 4.79 Å². The zero-order valence-corrected chi connectivity index (χ0v) is 19.0. The summed E-state index contributed by atoms with van der Waals surface area (Å²) >= 11 is 6.00. The SMILES string of the molecule is CN[C@H](Cc1ccc(Cl)cc1)C(=O)N1CCN(C)[C@H](Cc2ccc3ccccc3c2)C1. The van der Waals surface area contributed by atoms with Crippen molar-refractivity contribution >= 4 is 28.3 Å². The van der Waals surface area contributed by atoms with Crippen LogP contribution in [0.15, 0.2) is 66.7 Å². The van der Waals surface area contributed by atoms with Crippen molar-refractivity contribution in [3.05, 3.63) is 82.9 Å². The minimum absolute atomic E-state index is 0.175. The van der Waals surface area contributed by atoms with Gasteiger partial charge in [0.1, 0.15) is 0 Å². The number of nitrogens with one attached hydrogen (secondary N) is 1. The van der Waals surface area contributed by atoms with E-state index in [0.29, 0.717) is 17.5 Å². The fraction of sp³-hybridized carbons (Fsp3) is 0.346. The summed E-state index contributed by atoms with van der Waals surface area (Å²) < 4.78 is 0. The number of hydrogen-bond acceptors (Lipinski definition) is 3. The van der Waals surface area contributed by atoms with Crippen LogP contribution in [0, 0.1) is 0 Å². The van der Waals surface area contributed by atoms with E-state index >= 15 is 0 Å². The zero-order chi connectivity index (χ0) is 21.8. The number of hydrogen-bond donors (Lipinski definition) is 1. The van der Waals surface area contributed by atoms with Gasteiger partial charge in [-0.15, -0.1) is 0 Å². The Balaban J connectivity index is 1.43. The van der Waals surface area contributed by atoms with Crippen LogP contribution in [0.25, 0.3) is 10.8 Å². The van der Waals surface area contributed by atoms with Gasteiger partial charge >= 0.3 is 0 Å². The molecule has 1 fully saturated rings. The molecule has 31 heavy (non-hydrogen) atoms. The van der Waals surface area contributed by atoms with E-state index in [1.165, 1.54) is 16.3 Å². The number of nitrogens with zero attached hydrogens (tertiary/aromatic N) is 2. The Kier molecular flexibility index (Phi) is 6.91. The molecule has 0 unspecified atom stereocenters. The Bertz CT molecular complexity index is 1040. The van der Waals surface area contributed by atoms with E-state index in [4.69, 9.17) is 11.6 Å². The van der Waals surface area contributed by atoms with E-state index in [-0.39, 0.29) is 11.9 Å². The van der Waals surface area contributed by atoms with Gasteiger partial charge in [0.2, 0.25) is 5.91 Å². The van der Waals surface area contributed by atoms with Crippen molar-refractivity contribution < 1.29 is 4.79 Å². The quantitative estimate of drug-likeness (QED) is 0.635. The molecule has 4 rings (SSSR count). The highest BCUT2D eigenvalue weighted by Gasteiger charge is 2.30. The fourth-order valence-corrected chi connectivity index (χ4v) is 4.52. The summed E-state index contributed by atoms with van der Waals surface area (Å²) in [5, 5.41) is 6.47. The number of amides is 1. The smallest absolute Gasteiger partial charge is 0.240 e. The summed E-state index contributed by atoms with van der Waals surface area (Å²) in [4.78, 5) is 17.7. The number of piperazine rings is 1.